The number of aryl methyl sites for hydroxylation is 1. The van der Waals surface area contributed by atoms with Crippen molar-refractivity contribution in [1.29, 1.82) is 0 Å². The van der Waals surface area contributed by atoms with Crippen molar-refractivity contribution < 1.29 is 4.42 Å². The Morgan fingerprint density at radius 3 is 2.69 bits per heavy atom. The van der Waals surface area contributed by atoms with Gasteiger partial charge in [-0.2, -0.15) is 5.10 Å². The Hall–Kier alpha value is -3.21. The highest BCUT2D eigenvalue weighted by molar-refractivity contribution is 14.0. The molecule has 3 N–H and O–H groups in total. The molecule has 0 saturated carbocycles. The van der Waals surface area contributed by atoms with Crippen LogP contribution in [0.25, 0.3) is 22.8 Å². The third-order valence-corrected chi connectivity index (χ3v) is 4.67. The van der Waals surface area contributed by atoms with Crippen LogP contribution in [0.1, 0.15) is 23.7 Å². The summed E-state index contributed by atoms with van der Waals surface area (Å²) >= 11 is 0. The molecule has 32 heavy (non-hydrogen) atoms. The second-order valence-electron chi connectivity index (χ2n) is 7.09. The highest BCUT2D eigenvalue weighted by atomic mass is 127. The summed E-state index contributed by atoms with van der Waals surface area (Å²) in [5.41, 5.74) is 5.04. The molecule has 2 heterocycles. The Kier molecular flexibility index (Phi) is 8.37. The zero-order valence-corrected chi connectivity index (χ0v) is 20.3. The topological polar surface area (TPSA) is 104 Å². The average molecular weight is 543 g/mol. The van der Waals surface area contributed by atoms with Crippen molar-refractivity contribution in [2.24, 2.45) is 4.99 Å². The number of aromatic amines is 1. The Labute approximate surface area is 204 Å². The molecule has 2 aromatic heterocycles. The summed E-state index contributed by atoms with van der Waals surface area (Å²) in [6, 6.07) is 16.2. The molecule has 0 aliphatic carbocycles. The zero-order chi connectivity index (χ0) is 21.5. The molecule has 0 aliphatic rings. The third-order valence-electron chi connectivity index (χ3n) is 4.67. The van der Waals surface area contributed by atoms with Gasteiger partial charge < -0.3 is 15.1 Å². The highest BCUT2D eigenvalue weighted by Gasteiger charge is 2.08. The lowest BCUT2D eigenvalue weighted by molar-refractivity contribution is 0.572. The van der Waals surface area contributed by atoms with Gasteiger partial charge in [-0.15, -0.1) is 24.0 Å². The summed E-state index contributed by atoms with van der Waals surface area (Å²) in [5.74, 6) is 2.07. The molecule has 0 aliphatic heterocycles. The smallest absolute Gasteiger partial charge is 0.226 e. The second kappa shape index (κ2) is 11.4. The van der Waals surface area contributed by atoms with Gasteiger partial charge in [-0.25, -0.2) is 15.0 Å². The first-order valence-electron chi connectivity index (χ1n) is 10.2. The number of oxazole rings is 1. The Bertz CT molecular complexity index is 1140. The third kappa shape index (κ3) is 6.16. The van der Waals surface area contributed by atoms with Crippen LogP contribution in [0.5, 0.6) is 0 Å². The second-order valence-corrected chi connectivity index (χ2v) is 7.09. The van der Waals surface area contributed by atoms with Crippen LogP contribution >= 0.6 is 24.0 Å². The first-order valence-corrected chi connectivity index (χ1v) is 10.2. The van der Waals surface area contributed by atoms with E-state index in [2.05, 4.69) is 48.8 Å². The van der Waals surface area contributed by atoms with Crippen LogP contribution in [0.2, 0.25) is 0 Å². The molecule has 0 fully saturated rings. The number of hydrogen-bond acceptors (Lipinski definition) is 5. The van der Waals surface area contributed by atoms with Crippen molar-refractivity contribution in [2.75, 3.05) is 6.54 Å². The predicted molar refractivity (Wildman–Crippen MR) is 136 cm³/mol. The standard InChI is InChI=1S/C23H25N7O.HI/c1-3-24-23(25-12-17-5-4-6-19(11-17)21-27-15-28-30-21)26-13-20-14-31-22(29-20)18-9-7-16(2)8-10-18;/h4-11,14-15H,3,12-13H2,1-2H3,(H2,24,25,26)(H,27,28,30);1H. The summed E-state index contributed by atoms with van der Waals surface area (Å²) in [6.45, 7) is 5.90. The van der Waals surface area contributed by atoms with Gasteiger partial charge in [0, 0.05) is 17.7 Å². The number of hydrogen-bond donors (Lipinski definition) is 3. The molecule has 0 atom stereocenters. The minimum Gasteiger partial charge on any atom is -0.444 e. The molecule has 0 saturated heterocycles. The minimum atomic E-state index is 0. The Balaban J connectivity index is 0.00000289. The van der Waals surface area contributed by atoms with E-state index >= 15 is 0 Å². The van der Waals surface area contributed by atoms with Gasteiger partial charge in [0.1, 0.15) is 12.6 Å². The van der Waals surface area contributed by atoms with Gasteiger partial charge in [0.2, 0.25) is 5.89 Å². The van der Waals surface area contributed by atoms with Crippen LogP contribution in [0, 0.1) is 6.92 Å². The van der Waals surface area contributed by atoms with Crippen LogP contribution in [-0.2, 0) is 13.1 Å². The van der Waals surface area contributed by atoms with Crippen LogP contribution in [0.4, 0.5) is 0 Å². The largest absolute Gasteiger partial charge is 0.444 e. The van der Waals surface area contributed by atoms with Crippen molar-refractivity contribution in [1.82, 2.24) is 30.8 Å². The number of benzene rings is 2. The fourth-order valence-corrected chi connectivity index (χ4v) is 3.06. The number of H-pyrrole nitrogens is 1. The lowest BCUT2D eigenvalue weighted by Crippen LogP contribution is -2.36. The maximum atomic E-state index is 5.64. The van der Waals surface area contributed by atoms with E-state index in [1.807, 2.05) is 49.4 Å². The summed E-state index contributed by atoms with van der Waals surface area (Å²) in [4.78, 5) is 13.5. The molecule has 4 aromatic rings. The van der Waals surface area contributed by atoms with E-state index in [1.54, 1.807) is 6.26 Å². The first kappa shape index (κ1) is 23.5. The number of aromatic nitrogens is 4. The lowest BCUT2D eigenvalue weighted by Gasteiger charge is -2.10. The zero-order valence-electron chi connectivity index (χ0n) is 18.0. The van der Waals surface area contributed by atoms with Crippen molar-refractivity contribution in [3.63, 3.8) is 0 Å². The van der Waals surface area contributed by atoms with Crippen molar-refractivity contribution in [3.05, 3.63) is 77.9 Å². The molecular formula is C23H26IN7O. The number of halogens is 1. The van der Waals surface area contributed by atoms with Gasteiger partial charge in [0.25, 0.3) is 0 Å². The van der Waals surface area contributed by atoms with Gasteiger partial charge in [0.05, 0.1) is 18.8 Å². The van der Waals surface area contributed by atoms with Crippen LogP contribution in [-0.4, -0.2) is 32.7 Å². The summed E-state index contributed by atoms with van der Waals surface area (Å²) < 4.78 is 5.64. The summed E-state index contributed by atoms with van der Waals surface area (Å²) in [6.07, 6.45) is 3.17. The van der Waals surface area contributed by atoms with Gasteiger partial charge in [-0.1, -0.05) is 35.9 Å². The molecule has 8 nitrogen and oxygen atoms in total. The van der Waals surface area contributed by atoms with Crippen LogP contribution < -0.4 is 10.6 Å². The number of nitrogens with one attached hydrogen (secondary N) is 3. The van der Waals surface area contributed by atoms with E-state index in [-0.39, 0.29) is 24.0 Å². The van der Waals surface area contributed by atoms with Gasteiger partial charge in [-0.3, -0.25) is 5.10 Å². The van der Waals surface area contributed by atoms with Crippen molar-refractivity contribution in [3.8, 4) is 22.8 Å². The maximum absolute atomic E-state index is 5.64. The molecule has 9 heteroatoms. The van der Waals surface area contributed by atoms with E-state index in [4.69, 9.17) is 4.42 Å². The normalized spacial score (nSPS) is 11.1. The van der Waals surface area contributed by atoms with Crippen LogP contribution in [0.15, 0.2) is 70.5 Å². The average Bonchev–Trinajstić information content (AvgIpc) is 3.49. The lowest BCUT2D eigenvalue weighted by atomic mass is 10.1. The number of guanidine groups is 1. The Morgan fingerprint density at radius 2 is 1.94 bits per heavy atom. The number of rotatable bonds is 7. The molecule has 0 amide bonds. The van der Waals surface area contributed by atoms with E-state index in [1.165, 1.54) is 11.9 Å². The number of nitrogens with zero attached hydrogens (tertiary/aromatic N) is 4. The minimum absolute atomic E-state index is 0. The van der Waals surface area contributed by atoms with Gasteiger partial charge >= 0.3 is 0 Å². The monoisotopic (exact) mass is 543 g/mol. The van der Waals surface area contributed by atoms with E-state index < -0.39 is 0 Å². The fraction of sp³-hybridized carbons (Fsp3) is 0.217. The van der Waals surface area contributed by atoms with E-state index in [0.717, 1.165) is 34.8 Å². The molecular weight excluding hydrogens is 517 g/mol. The van der Waals surface area contributed by atoms with Gasteiger partial charge in [-0.05, 0) is 37.6 Å². The Morgan fingerprint density at radius 1 is 1.09 bits per heavy atom. The highest BCUT2D eigenvalue weighted by Crippen LogP contribution is 2.19. The molecule has 2 aromatic carbocycles. The quantitative estimate of drug-likeness (QED) is 0.182. The summed E-state index contributed by atoms with van der Waals surface area (Å²) in [7, 11) is 0. The molecule has 0 bridgehead atoms. The molecule has 166 valence electrons. The fourth-order valence-electron chi connectivity index (χ4n) is 3.06. The van der Waals surface area contributed by atoms with Crippen molar-refractivity contribution in [2.45, 2.75) is 26.9 Å². The molecule has 0 unspecified atom stereocenters. The molecule has 0 spiro atoms. The van der Waals surface area contributed by atoms with Gasteiger partial charge in [0.15, 0.2) is 11.8 Å². The SMILES string of the molecule is CCNC(=NCc1cccc(-c2ncn[nH]2)c1)NCc1coc(-c2ccc(C)cc2)n1.I. The number of aliphatic imine (C=N–C) groups is 1. The maximum Gasteiger partial charge on any atom is 0.226 e. The predicted octanol–water partition coefficient (Wildman–Crippen LogP) is 4.31. The van der Waals surface area contributed by atoms with E-state index in [0.29, 0.717) is 24.9 Å². The summed E-state index contributed by atoms with van der Waals surface area (Å²) in [5, 5.41) is 13.4. The van der Waals surface area contributed by atoms with Crippen molar-refractivity contribution >= 4 is 29.9 Å². The molecule has 0 radical (unpaired) electrons. The van der Waals surface area contributed by atoms with E-state index in [9.17, 15) is 0 Å². The van der Waals surface area contributed by atoms with Crippen LogP contribution in [0.3, 0.4) is 0 Å². The first-order chi connectivity index (χ1) is 15.2. The molecule has 4 rings (SSSR count).